The minimum Gasteiger partial charge on any atom is -0.508 e. The van der Waals surface area contributed by atoms with Crippen LogP contribution in [-0.4, -0.2) is 41.7 Å². The molecule has 2 N–H and O–H groups in total. The summed E-state index contributed by atoms with van der Waals surface area (Å²) in [4.78, 5) is 11.6. The quantitative estimate of drug-likeness (QED) is 0.351. The van der Waals surface area contributed by atoms with Crippen LogP contribution in [0, 0.1) is 0 Å². The van der Waals surface area contributed by atoms with Crippen LogP contribution in [0.4, 0.5) is 0 Å². The van der Waals surface area contributed by atoms with E-state index in [0.29, 0.717) is 11.9 Å². The molecule has 33 heavy (non-hydrogen) atoms. The molecule has 0 unspecified atom stereocenters. The minimum absolute atomic E-state index is 0.283. The van der Waals surface area contributed by atoms with Gasteiger partial charge in [0.1, 0.15) is 11.6 Å². The van der Waals surface area contributed by atoms with Crippen LogP contribution < -0.4 is 5.32 Å². The molecule has 0 atom stereocenters. The molecule has 170 valence electrons. The van der Waals surface area contributed by atoms with Crippen molar-refractivity contribution in [3.8, 4) is 5.75 Å². The molecule has 0 bridgehead atoms. The Bertz CT molecular complexity index is 1200. The summed E-state index contributed by atoms with van der Waals surface area (Å²) >= 11 is 1.69. The number of nitrogens with zero attached hydrogens (tertiary/aromatic N) is 3. The van der Waals surface area contributed by atoms with Crippen LogP contribution in [0.25, 0.3) is 10.1 Å². The van der Waals surface area contributed by atoms with Gasteiger partial charge in [0.2, 0.25) is 0 Å². The fourth-order valence-corrected chi connectivity index (χ4v) is 4.81. The van der Waals surface area contributed by atoms with Gasteiger partial charge >= 0.3 is 0 Å². The Morgan fingerprint density at radius 1 is 1.18 bits per heavy atom. The Morgan fingerprint density at radius 3 is 2.67 bits per heavy atom. The topological polar surface area (TPSA) is 60.2 Å². The van der Waals surface area contributed by atoms with Gasteiger partial charge in [-0.15, -0.1) is 11.3 Å². The molecule has 2 aromatic carbocycles. The number of benzene rings is 2. The van der Waals surface area contributed by atoms with Crippen molar-refractivity contribution in [2.75, 3.05) is 13.1 Å². The van der Waals surface area contributed by atoms with E-state index in [-0.39, 0.29) is 5.75 Å². The zero-order valence-corrected chi connectivity index (χ0v) is 20.0. The molecule has 6 heteroatoms. The first kappa shape index (κ1) is 22.8. The molecule has 2 heterocycles. The maximum atomic E-state index is 9.52. The van der Waals surface area contributed by atoms with Crippen molar-refractivity contribution in [2.45, 2.75) is 32.7 Å². The molecule has 0 aliphatic carbocycles. The van der Waals surface area contributed by atoms with E-state index in [1.165, 1.54) is 10.3 Å². The van der Waals surface area contributed by atoms with E-state index in [2.05, 4.69) is 65.6 Å². The largest absolute Gasteiger partial charge is 0.508 e. The first-order valence-electron chi connectivity index (χ1n) is 11.3. The number of thiophene rings is 1. The third kappa shape index (κ3) is 5.52. The summed E-state index contributed by atoms with van der Waals surface area (Å²) < 4.78 is 1.21. The number of rotatable bonds is 7. The van der Waals surface area contributed by atoms with Crippen molar-refractivity contribution >= 4 is 34.0 Å². The number of amidine groups is 1. The average molecular weight is 459 g/mol. The van der Waals surface area contributed by atoms with E-state index in [9.17, 15) is 5.11 Å². The summed E-state index contributed by atoms with van der Waals surface area (Å²) in [5.74, 6) is 1.75. The van der Waals surface area contributed by atoms with Gasteiger partial charge in [-0.1, -0.05) is 30.3 Å². The van der Waals surface area contributed by atoms with Crippen molar-refractivity contribution < 1.29 is 5.11 Å². The lowest BCUT2D eigenvalue weighted by molar-refractivity contribution is 0.307. The zero-order chi connectivity index (χ0) is 23.2. The fourth-order valence-electron chi connectivity index (χ4n) is 3.87. The Kier molecular flexibility index (Phi) is 7.25. The summed E-state index contributed by atoms with van der Waals surface area (Å²) in [5.41, 5.74) is 3.33. The van der Waals surface area contributed by atoms with Crippen molar-refractivity contribution in [3.05, 3.63) is 88.7 Å². The first-order valence-corrected chi connectivity index (χ1v) is 12.1. The molecule has 0 fully saturated rings. The van der Waals surface area contributed by atoms with E-state index in [1.807, 2.05) is 24.3 Å². The average Bonchev–Trinajstić information content (AvgIpc) is 3.26. The maximum absolute atomic E-state index is 9.52. The predicted molar refractivity (Wildman–Crippen MR) is 140 cm³/mol. The number of aromatic hydroxyl groups is 1. The second-order valence-electron chi connectivity index (χ2n) is 8.35. The predicted octanol–water partition coefficient (Wildman–Crippen LogP) is 5.73. The molecule has 3 aromatic rings. The molecular formula is C27H30N4OS. The summed E-state index contributed by atoms with van der Waals surface area (Å²) in [7, 11) is 0. The minimum atomic E-state index is 0.283. The highest BCUT2D eigenvalue weighted by atomic mass is 32.1. The van der Waals surface area contributed by atoms with E-state index >= 15 is 0 Å². The summed E-state index contributed by atoms with van der Waals surface area (Å²) in [6.07, 6.45) is 6.05. The summed E-state index contributed by atoms with van der Waals surface area (Å²) in [6, 6.07) is 16.1. The first-order chi connectivity index (χ1) is 16.0. The molecule has 1 aromatic heterocycles. The Labute approximate surface area is 199 Å². The standard InChI is InChI=1S/C27H30N4OS/c1-19(2)31-16-13-21(14-17-31)26(29-15-12-20-8-10-22(32)11-9-20)30-27(28-3)24-18-33-25-7-5-4-6-23(24)25/h4-11,13,16,18-19,29,32H,3,12,14-15,17H2,1-2H3/b26-21-,30-27-. The van der Waals surface area contributed by atoms with E-state index in [4.69, 9.17) is 4.99 Å². The van der Waals surface area contributed by atoms with Gasteiger partial charge in [0.05, 0.1) is 0 Å². The Hall–Kier alpha value is -3.38. The second kappa shape index (κ2) is 10.5. The summed E-state index contributed by atoms with van der Waals surface area (Å²) in [6.45, 7) is 9.91. The van der Waals surface area contributed by atoms with Gasteiger partial charge in [-0.3, -0.25) is 0 Å². The van der Waals surface area contributed by atoms with E-state index in [0.717, 1.165) is 48.3 Å². The number of hydrogen-bond donors (Lipinski definition) is 2. The van der Waals surface area contributed by atoms with Gasteiger partial charge in [-0.05, 0) is 75.0 Å². The van der Waals surface area contributed by atoms with Crippen LogP contribution in [0.5, 0.6) is 5.75 Å². The lowest BCUT2D eigenvalue weighted by Gasteiger charge is -2.29. The van der Waals surface area contributed by atoms with Crippen LogP contribution in [-0.2, 0) is 6.42 Å². The van der Waals surface area contributed by atoms with Gasteiger partial charge < -0.3 is 15.3 Å². The van der Waals surface area contributed by atoms with Crippen LogP contribution in [0.15, 0.2) is 87.6 Å². The SMILES string of the molecule is C=N/C(=N\C(NCCc1ccc(O)cc1)=C1\C=CN(C(C)C)CC1)c1csc2ccccc12. The molecule has 4 rings (SSSR count). The highest BCUT2D eigenvalue weighted by Gasteiger charge is 2.15. The van der Waals surface area contributed by atoms with Gasteiger partial charge in [0.25, 0.3) is 0 Å². The van der Waals surface area contributed by atoms with Crippen molar-refractivity contribution in [3.63, 3.8) is 0 Å². The van der Waals surface area contributed by atoms with Gasteiger partial charge in [0.15, 0.2) is 5.84 Å². The third-order valence-corrected chi connectivity index (χ3v) is 6.77. The Morgan fingerprint density at radius 2 is 1.97 bits per heavy atom. The van der Waals surface area contributed by atoms with Gasteiger partial charge in [-0.25, -0.2) is 9.98 Å². The molecular weight excluding hydrogens is 428 g/mol. The number of aliphatic imine (C=N–C) groups is 2. The van der Waals surface area contributed by atoms with Crippen LogP contribution in [0.2, 0.25) is 0 Å². The van der Waals surface area contributed by atoms with Crippen LogP contribution in [0.1, 0.15) is 31.4 Å². The van der Waals surface area contributed by atoms with E-state index in [1.54, 1.807) is 23.5 Å². The monoisotopic (exact) mass is 458 g/mol. The summed E-state index contributed by atoms with van der Waals surface area (Å²) in [5, 5.41) is 16.3. The molecule has 1 aliphatic heterocycles. The number of nitrogens with one attached hydrogen (secondary N) is 1. The molecule has 1 aliphatic rings. The lowest BCUT2D eigenvalue weighted by atomic mass is 10.1. The van der Waals surface area contributed by atoms with Crippen LogP contribution >= 0.6 is 11.3 Å². The maximum Gasteiger partial charge on any atom is 0.162 e. The molecule has 0 amide bonds. The molecule has 0 radical (unpaired) electrons. The van der Waals surface area contributed by atoms with E-state index < -0.39 is 0 Å². The van der Waals surface area contributed by atoms with Gasteiger partial charge in [-0.2, -0.15) is 0 Å². The Balaban J connectivity index is 1.64. The zero-order valence-electron chi connectivity index (χ0n) is 19.2. The van der Waals surface area contributed by atoms with Gasteiger partial charge in [0, 0.05) is 40.2 Å². The molecule has 5 nitrogen and oxygen atoms in total. The number of allylic oxidation sites excluding steroid dienone is 1. The second-order valence-corrected chi connectivity index (χ2v) is 9.26. The van der Waals surface area contributed by atoms with Crippen molar-refractivity contribution in [1.29, 1.82) is 0 Å². The van der Waals surface area contributed by atoms with Crippen LogP contribution in [0.3, 0.4) is 0 Å². The molecule has 0 saturated heterocycles. The lowest BCUT2D eigenvalue weighted by Crippen LogP contribution is -2.29. The van der Waals surface area contributed by atoms with Crippen molar-refractivity contribution in [1.82, 2.24) is 10.2 Å². The molecule has 0 spiro atoms. The third-order valence-electron chi connectivity index (χ3n) is 5.81. The highest BCUT2D eigenvalue weighted by molar-refractivity contribution is 7.17. The number of hydrogen-bond acceptors (Lipinski definition) is 5. The number of phenols is 1. The number of phenolic OH excluding ortho intramolecular Hbond substituents is 1. The fraction of sp³-hybridized carbons (Fsp3) is 0.259. The molecule has 0 saturated carbocycles. The van der Waals surface area contributed by atoms with Crippen molar-refractivity contribution in [2.24, 2.45) is 9.98 Å². The smallest absolute Gasteiger partial charge is 0.162 e. The number of fused-ring (bicyclic) bond motifs is 1. The highest BCUT2D eigenvalue weighted by Crippen LogP contribution is 2.27. The normalized spacial score (nSPS) is 15.8.